The van der Waals surface area contributed by atoms with Crippen molar-refractivity contribution in [1.29, 1.82) is 0 Å². The van der Waals surface area contributed by atoms with Crippen molar-refractivity contribution in [3.63, 3.8) is 0 Å². The van der Waals surface area contributed by atoms with Gasteiger partial charge < -0.3 is 14.6 Å². The number of thioether (sulfide) groups is 1. The molecule has 1 aliphatic carbocycles. The second-order valence-corrected chi connectivity index (χ2v) is 7.41. The van der Waals surface area contributed by atoms with E-state index in [1.165, 1.54) is 30.3 Å². The molecule has 1 aliphatic rings. The van der Waals surface area contributed by atoms with E-state index in [0.717, 1.165) is 22.2 Å². The molecule has 5 nitrogen and oxygen atoms in total. The van der Waals surface area contributed by atoms with Crippen LogP contribution < -0.4 is 10.1 Å². The zero-order chi connectivity index (χ0) is 17.8. The summed E-state index contributed by atoms with van der Waals surface area (Å²) in [6, 6.07) is 8.48. The van der Waals surface area contributed by atoms with Gasteiger partial charge in [-0.1, -0.05) is 23.9 Å². The first-order chi connectivity index (χ1) is 12.0. The van der Waals surface area contributed by atoms with Gasteiger partial charge in [0, 0.05) is 11.7 Å². The molecule has 1 amide bonds. The maximum atomic E-state index is 12.0. The molecule has 1 aromatic heterocycles. The van der Waals surface area contributed by atoms with E-state index in [9.17, 15) is 4.79 Å². The Labute approximate surface area is 153 Å². The third-order valence-electron chi connectivity index (χ3n) is 4.28. The number of hydrogen-bond donors (Lipinski definition) is 1. The SMILES string of the molecule is Cc1cccc(OCCNC(=O)CSc2nc(C)c(C)n2C2CC2)c1. The maximum absolute atomic E-state index is 12.0. The lowest BCUT2D eigenvalue weighted by molar-refractivity contribution is -0.118. The first-order valence-electron chi connectivity index (χ1n) is 8.69. The number of amides is 1. The van der Waals surface area contributed by atoms with E-state index in [0.29, 0.717) is 24.9 Å². The van der Waals surface area contributed by atoms with Crippen LogP contribution in [0.3, 0.4) is 0 Å². The molecule has 0 atom stereocenters. The number of imidazole rings is 1. The third-order valence-corrected chi connectivity index (χ3v) is 5.23. The van der Waals surface area contributed by atoms with Crippen LogP contribution in [0, 0.1) is 20.8 Å². The lowest BCUT2D eigenvalue weighted by Gasteiger charge is -2.09. The molecule has 1 heterocycles. The van der Waals surface area contributed by atoms with Crippen LogP contribution in [0.4, 0.5) is 0 Å². The van der Waals surface area contributed by atoms with E-state index in [2.05, 4.69) is 21.8 Å². The highest BCUT2D eigenvalue weighted by Gasteiger charge is 2.28. The first-order valence-corrected chi connectivity index (χ1v) is 9.67. The molecule has 6 heteroatoms. The molecule has 1 aromatic carbocycles. The quantitative estimate of drug-likeness (QED) is 0.579. The molecule has 3 rings (SSSR count). The zero-order valence-electron chi connectivity index (χ0n) is 15.0. The number of aromatic nitrogens is 2. The highest BCUT2D eigenvalue weighted by molar-refractivity contribution is 7.99. The van der Waals surface area contributed by atoms with Crippen molar-refractivity contribution in [2.45, 2.75) is 44.8 Å². The molecule has 0 spiro atoms. The van der Waals surface area contributed by atoms with Crippen LogP contribution in [0.25, 0.3) is 0 Å². The zero-order valence-corrected chi connectivity index (χ0v) is 15.9. The fourth-order valence-corrected chi connectivity index (χ4v) is 3.70. The molecule has 134 valence electrons. The Bertz CT molecular complexity index is 753. The van der Waals surface area contributed by atoms with Crippen molar-refractivity contribution >= 4 is 17.7 Å². The van der Waals surface area contributed by atoms with Crippen molar-refractivity contribution in [2.24, 2.45) is 0 Å². The van der Waals surface area contributed by atoms with E-state index < -0.39 is 0 Å². The second-order valence-electron chi connectivity index (χ2n) is 6.47. The minimum Gasteiger partial charge on any atom is -0.492 e. The van der Waals surface area contributed by atoms with Crippen LogP contribution in [0.15, 0.2) is 29.4 Å². The molecule has 25 heavy (non-hydrogen) atoms. The number of hydrogen-bond acceptors (Lipinski definition) is 4. The Morgan fingerprint density at radius 1 is 1.36 bits per heavy atom. The predicted octanol–water partition coefficient (Wildman–Crippen LogP) is 3.43. The summed E-state index contributed by atoms with van der Waals surface area (Å²) in [6.07, 6.45) is 2.43. The molecule has 0 radical (unpaired) electrons. The van der Waals surface area contributed by atoms with Gasteiger partial charge >= 0.3 is 0 Å². The van der Waals surface area contributed by atoms with Gasteiger partial charge in [0.15, 0.2) is 5.16 Å². The van der Waals surface area contributed by atoms with Crippen molar-refractivity contribution in [1.82, 2.24) is 14.9 Å². The van der Waals surface area contributed by atoms with E-state index in [1.54, 1.807) is 0 Å². The summed E-state index contributed by atoms with van der Waals surface area (Å²) in [7, 11) is 0. The summed E-state index contributed by atoms with van der Waals surface area (Å²) in [4.78, 5) is 16.7. The predicted molar refractivity (Wildman–Crippen MR) is 100 cm³/mol. The molecule has 0 aliphatic heterocycles. The molecular formula is C19H25N3O2S. The van der Waals surface area contributed by atoms with Gasteiger partial charge in [0.05, 0.1) is 18.0 Å². The molecule has 0 unspecified atom stereocenters. The van der Waals surface area contributed by atoms with E-state index in [4.69, 9.17) is 4.74 Å². The largest absolute Gasteiger partial charge is 0.492 e. The number of aryl methyl sites for hydroxylation is 2. The van der Waals surface area contributed by atoms with E-state index in [-0.39, 0.29) is 5.91 Å². The standard InChI is InChI=1S/C19H25N3O2S/c1-13-5-4-6-17(11-13)24-10-9-20-18(23)12-25-19-21-14(2)15(3)22(19)16-7-8-16/h4-6,11,16H,7-10,12H2,1-3H3,(H,20,23). The smallest absolute Gasteiger partial charge is 0.230 e. The van der Waals surface area contributed by atoms with E-state index in [1.807, 2.05) is 38.1 Å². The van der Waals surface area contributed by atoms with Gasteiger partial charge in [-0.3, -0.25) is 4.79 Å². The normalized spacial score (nSPS) is 13.7. The summed E-state index contributed by atoms with van der Waals surface area (Å²) in [5.74, 6) is 1.23. The van der Waals surface area contributed by atoms with Crippen LogP contribution in [0.2, 0.25) is 0 Å². The fourth-order valence-electron chi connectivity index (χ4n) is 2.71. The molecule has 2 aromatic rings. The Kier molecular flexibility index (Phi) is 5.68. The molecule has 0 saturated heterocycles. The summed E-state index contributed by atoms with van der Waals surface area (Å²) in [6.45, 7) is 7.13. The first kappa shape index (κ1) is 17.9. The molecule has 1 fully saturated rings. The van der Waals surface area contributed by atoms with Crippen LogP contribution in [-0.2, 0) is 4.79 Å². The number of nitrogens with one attached hydrogen (secondary N) is 1. The molecule has 1 N–H and O–H groups in total. The number of ether oxygens (including phenoxy) is 1. The molecule has 1 saturated carbocycles. The van der Waals surface area contributed by atoms with Gasteiger partial charge in [0.2, 0.25) is 5.91 Å². The fraction of sp³-hybridized carbons (Fsp3) is 0.474. The van der Waals surface area contributed by atoms with Gasteiger partial charge in [-0.15, -0.1) is 0 Å². The Morgan fingerprint density at radius 2 is 2.16 bits per heavy atom. The monoisotopic (exact) mass is 359 g/mol. The van der Waals surface area contributed by atoms with Gasteiger partial charge in [-0.25, -0.2) is 4.98 Å². The van der Waals surface area contributed by atoms with Gasteiger partial charge in [-0.2, -0.15) is 0 Å². The Balaban J connectivity index is 1.41. The van der Waals surface area contributed by atoms with Gasteiger partial charge in [-0.05, 0) is 51.3 Å². The molecular weight excluding hydrogens is 334 g/mol. The van der Waals surface area contributed by atoms with Gasteiger partial charge in [0.25, 0.3) is 0 Å². The Hall–Kier alpha value is -1.95. The topological polar surface area (TPSA) is 56.1 Å². The van der Waals surface area contributed by atoms with Gasteiger partial charge in [0.1, 0.15) is 12.4 Å². The summed E-state index contributed by atoms with van der Waals surface area (Å²) >= 11 is 1.51. The summed E-state index contributed by atoms with van der Waals surface area (Å²) in [5.41, 5.74) is 3.44. The average Bonchev–Trinajstić information content (AvgIpc) is 3.37. The number of carbonyl (C=O) groups excluding carboxylic acids is 1. The second kappa shape index (κ2) is 7.95. The minimum atomic E-state index is 0.0125. The summed E-state index contributed by atoms with van der Waals surface area (Å²) in [5, 5.41) is 3.86. The highest BCUT2D eigenvalue weighted by atomic mass is 32.2. The van der Waals surface area contributed by atoms with Crippen LogP contribution in [-0.4, -0.2) is 34.4 Å². The van der Waals surface area contributed by atoms with Crippen molar-refractivity contribution < 1.29 is 9.53 Å². The minimum absolute atomic E-state index is 0.0125. The average molecular weight is 359 g/mol. The number of benzene rings is 1. The van der Waals surface area contributed by atoms with Crippen LogP contribution >= 0.6 is 11.8 Å². The van der Waals surface area contributed by atoms with E-state index >= 15 is 0 Å². The number of carbonyl (C=O) groups is 1. The van der Waals surface area contributed by atoms with Crippen molar-refractivity contribution in [2.75, 3.05) is 18.9 Å². The lowest BCUT2D eigenvalue weighted by atomic mass is 10.2. The van der Waals surface area contributed by atoms with Crippen molar-refractivity contribution in [3.05, 3.63) is 41.2 Å². The highest BCUT2D eigenvalue weighted by Crippen LogP contribution is 2.39. The maximum Gasteiger partial charge on any atom is 0.230 e. The molecule has 0 bridgehead atoms. The summed E-state index contributed by atoms with van der Waals surface area (Å²) < 4.78 is 7.93. The van der Waals surface area contributed by atoms with Crippen LogP contribution in [0.1, 0.15) is 35.8 Å². The third kappa shape index (κ3) is 4.78. The number of rotatable bonds is 8. The number of nitrogens with zero attached hydrogens (tertiary/aromatic N) is 2. The lowest BCUT2D eigenvalue weighted by Crippen LogP contribution is -2.29. The Morgan fingerprint density at radius 3 is 2.88 bits per heavy atom. The van der Waals surface area contributed by atoms with Crippen molar-refractivity contribution in [3.8, 4) is 5.75 Å². The van der Waals surface area contributed by atoms with Crippen LogP contribution in [0.5, 0.6) is 5.75 Å².